The van der Waals surface area contributed by atoms with Gasteiger partial charge < -0.3 is 5.32 Å². The molecule has 2 aromatic heterocycles. The van der Waals surface area contributed by atoms with Crippen LogP contribution in [0.25, 0.3) is 0 Å². The zero-order valence-corrected chi connectivity index (χ0v) is 12.2. The van der Waals surface area contributed by atoms with Crippen LogP contribution < -0.4 is 5.32 Å². The molecule has 2 aromatic rings. The molecule has 0 atom stereocenters. The van der Waals surface area contributed by atoms with Gasteiger partial charge in [0.2, 0.25) is 0 Å². The fourth-order valence-corrected chi connectivity index (χ4v) is 2.59. The summed E-state index contributed by atoms with van der Waals surface area (Å²) in [4.78, 5) is 20.1. The van der Waals surface area contributed by atoms with Gasteiger partial charge in [0.25, 0.3) is 5.91 Å². The normalized spacial score (nSPS) is 10.3. The molecule has 1 N–H and O–H groups in total. The lowest BCUT2D eigenvalue weighted by Gasteiger charge is -2.03. The maximum atomic E-state index is 11.8. The third-order valence-corrected chi connectivity index (χ3v) is 3.74. The van der Waals surface area contributed by atoms with E-state index < -0.39 is 0 Å². The van der Waals surface area contributed by atoms with Gasteiger partial charge in [-0.15, -0.1) is 11.3 Å². The summed E-state index contributed by atoms with van der Waals surface area (Å²) in [5.41, 5.74) is 1.63. The second-order valence-corrected chi connectivity index (χ2v) is 5.51. The van der Waals surface area contributed by atoms with Crippen LogP contribution in [0.5, 0.6) is 0 Å². The number of nitrogens with one attached hydrogen (secondary N) is 1. The summed E-state index contributed by atoms with van der Waals surface area (Å²) < 4.78 is 0.658. The Morgan fingerprint density at radius 3 is 3.06 bits per heavy atom. The number of halogens is 1. The van der Waals surface area contributed by atoms with Crippen molar-refractivity contribution in [2.45, 2.75) is 13.3 Å². The summed E-state index contributed by atoms with van der Waals surface area (Å²) >= 11 is 4.86. The third kappa shape index (κ3) is 3.61. The highest BCUT2D eigenvalue weighted by atomic mass is 79.9. The van der Waals surface area contributed by atoms with Gasteiger partial charge in [-0.3, -0.25) is 4.79 Å². The Kier molecular flexibility index (Phi) is 4.43. The van der Waals surface area contributed by atoms with Gasteiger partial charge >= 0.3 is 0 Å². The SMILES string of the molecule is Cc1csc(CCNC(=O)c2ccnc(Br)c2)n1. The molecule has 6 heteroatoms. The summed E-state index contributed by atoms with van der Waals surface area (Å²) in [5.74, 6) is -0.0913. The molecule has 0 unspecified atom stereocenters. The van der Waals surface area contributed by atoms with Crippen molar-refractivity contribution >= 4 is 33.2 Å². The van der Waals surface area contributed by atoms with E-state index >= 15 is 0 Å². The van der Waals surface area contributed by atoms with Crippen LogP contribution in [0.2, 0.25) is 0 Å². The van der Waals surface area contributed by atoms with Crippen molar-refractivity contribution in [1.82, 2.24) is 15.3 Å². The molecule has 0 aliphatic heterocycles. The molecule has 2 heterocycles. The van der Waals surface area contributed by atoms with E-state index in [0.717, 1.165) is 17.1 Å². The molecule has 0 saturated heterocycles. The maximum Gasteiger partial charge on any atom is 0.251 e. The van der Waals surface area contributed by atoms with Crippen LogP contribution in [0, 0.1) is 6.92 Å². The van der Waals surface area contributed by atoms with E-state index in [1.165, 1.54) is 0 Å². The number of thiazole rings is 1. The van der Waals surface area contributed by atoms with E-state index in [1.807, 2.05) is 12.3 Å². The van der Waals surface area contributed by atoms with Gasteiger partial charge in [-0.1, -0.05) is 0 Å². The van der Waals surface area contributed by atoms with E-state index in [0.29, 0.717) is 16.7 Å². The molecular formula is C12H12BrN3OS. The summed E-state index contributed by atoms with van der Waals surface area (Å²) in [7, 11) is 0. The highest BCUT2D eigenvalue weighted by Crippen LogP contribution is 2.09. The Morgan fingerprint density at radius 2 is 2.39 bits per heavy atom. The summed E-state index contributed by atoms with van der Waals surface area (Å²) in [6.07, 6.45) is 2.36. The van der Waals surface area contributed by atoms with Crippen LogP contribution in [0.3, 0.4) is 0 Å². The fraction of sp³-hybridized carbons (Fsp3) is 0.250. The van der Waals surface area contributed by atoms with Crippen LogP contribution >= 0.6 is 27.3 Å². The van der Waals surface area contributed by atoms with Gasteiger partial charge in [0.05, 0.1) is 5.01 Å². The van der Waals surface area contributed by atoms with E-state index in [1.54, 1.807) is 29.7 Å². The fourth-order valence-electron chi connectivity index (χ4n) is 1.45. The van der Waals surface area contributed by atoms with Crippen LogP contribution in [0.1, 0.15) is 21.1 Å². The third-order valence-electron chi connectivity index (χ3n) is 2.28. The number of hydrogen-bond donors (Lipinski definition) is 1. The molecule has 1 amide bonds. The van der Waals surface area contributed by atoms with E-state index in [4.69, 9.17) is 0 Å². The number of nitrogens with zero attached hydrogens (tertiary/aromatic N) is 2. The quantitative estimate of drug-likeness (QED) is 0.879. The van der Waals surface area contributed by atoms with Crippen molar-refractivity contribution in [2.75, 3.05) is 6.54 Å². The van der Waals surface area contributed by atoms with Gasteiger partial charge in [0.15, 0.2) is 0 Å². The number of amides is 1. The van der Waals surface area contributed by atoms with Crippen LogP contribution in [-0.4, -0.2) is 22.4 Å². The lowest BCUT2D eigenvalue weighted by molar-refractivity contribution is 0.0954. The van der Waals surface area contributed by atoms with E-state index in [-0.39, 0.29) is 5.91 Å². The van der Waals surface area contributed by atoms with Crippen molar-refractivity contribution in [3.05, 3.63) is 44.6 Å². The first kappa shape index (κ1) is 13.2. The van der Waals surface area contributed by atoms with Crippen LogP contribution in [-0.2, 0) is 6.42 Å². The van der Waals surface area contributed by atoms with Crippen molar-refractivity contribution < 1.29 is 4.79 Å². The van der Waals surface area contributed by atoms with Crippen molar-refractivity contribution in [2.24, 2.45) is 0 Å². The standard InChI is InChI=1S/C12H12BrN3OS/c1-8-7-18-11(16-8)3-5-15-12(17)9-2-4-14-10(13)6-9/h2,4,6-7H,3,5H2,1H3,(H,15,17). The molecule has 0 aliphatic rings. The molecule has 0 fully saturated rings. The number of hydrogen-bond acceptors (Lipinski definition) is 4. The molecular weight excluding hydrogens is 314 g/mol. The highest BCUT2D eigenvalue weighted by molar-refractivity contribution is 9.10. The zero-order chi connectivity index (χ0) is 13.0. The van der Waals surface area contributed by atoms with Crippen LogP contribution in [0.15, 0.2) is 28.3 Å². The Labute approximate surface area is 118 Å². The minimum absolute atomic E-state index is 0.0913. The van der Waals surface area contributed by atoms with E-state index in [9.17, 15) is 4.79 Å². The van der Waals surface area contributed by atoms with Gasteiger partial charge in [-0.25, -0.2) is 9.97 Å². The topological polar surface area (TPSA) is 54.9 Å². The first-order valence-electron chi connectivity index (χ1n) is 5.46. The largest absolute Gasteiger partial charge is 0.352 e. The molecule has 4 nitrogen and oxygen atoms in total. The molecule has 18 heavy (non-hydrogen) atoms. The monoisotopic (exact) mass is 325 g/mol. The number of aryl methyl sites for hydroxylation is 1. The second-order valence-electron chi connectivity index (χ2n) is 3.76. The van der Waals surface area contributed by atoms with Crippen molar-refractivity contribution in [3.8, 4) is 0 Å². The Balaban J connectivity index is 1.85. The Morgan fingerprint density at radius 1 is 1.56 bits per heavy atom. The molecule has 0 spiro atoms. The predicted molar refractivity (Wildman–Crippen MR) is 74.8 cm³/mol. The van der Waals surface area contributed by atoms with Crippen molar-refractivity contribution in [1.29, 1.82) is 0 Å². The van der Waals surface area contributed by atoms with E-state index in [2.05, 4.69) is 31.2 Å². The maximum absolute atomic E-state index is 11.8. The number of carbonyl (C=O) groups is 1. The lowest BCUT2D eigenvalue weighted by atomic mass is 10.2. The van der Waals surface area contributed by atoms with Crippen molar-refractivity contribution in [3.63, 3.8) is 0 Å². The summed E-state index contributed by atoms with van der Waals surface area (Å²) in [5, 5.41) is 5.92. The smallest absolute Gasteiger partial charge is 0.251 e. The number of carbonyl (C=O) groups excluding carboxylic acids is 1. The average molecular weight is 326 g/mol. The average Bonchev–Trinajstić information content (AvgIpc) is 2.75. The van der Waals surface area contributed by atoms with Crippen LogP contribution in [0.4, 0.5) is 0 Å². The molecule has 0 aromatic carbocycles. The summed E-state index contributed by atoms with van der Waals surface area (Å²) in [6.45, 7) is 2.55. The number of aromatic nitrogens is 2. The predicted octanol–water partition coefficient (Wildman–Crippen LogP) is 2.58. The van der Waals surface area contributed by atoms with Gasteiger partial charge in [-0.05, 0) is 35.0 Å². The molecule has 0 radical (unpaired) electrons. The number of pyridine rings is 1. The Bertz CT molecular complexity index is 556. The molecule has 0 bridgehead atoms. The number of rotatable bonds is 4. The molecule has 0 saturated carbocycles. The minimum atomic E-state index is -0.0913. The second kappa shape index (κ2) is 6.06. The lowest BCUT2D eigenvalue weighted by Crippen LogP contribution is -2.25. The zero-order valence-electron chi connectivity index (χ0n) is 9.81. The highest BCUT2D eigenvalue weighted by Gasteiger charge is 2.06. The Hall–Kier alpha value is -1.27. The molecule has 2 rings (SSSR count). The first-order valence-corrected chi connectivity index (χ1v) is 7.13. The van der Waals surface area contributed by atoms with Gasteiger partial charge in [0, 0.05) is 35.8 Å². The molecule has 94 valence electrons. The minimum Gasteiger partial charge on any atom is -0.352 e. The van der Waals surface area contributed by atoms with Gasteiger partial charge in [0.1, 0.15) is 4.60 Å². The summed E-state index contributed by atoms with van der Waals surface area (Å²) in [6, 6.07) is 3.39. The molecule has 0 aliphatic carbocycles. The first-order chi connectivity index (χ1) is 8.65. The van der Waals surface area contributed by atoms with Gasteiger partial charge in [-0.2, -0.15) is 0 Å².